The van der Waals surface area contributed by atoms with Crippen molar-refractivity contribution in [3.8, 4) is 0 Å². The number of carbonyl (C=O) groups is 1. The smallest absolute Gasteiger partial charge is 0.322 e. The maximum absolute atomic E-state index is 10.8. The van der Waals surface area contributed by atoms with Crippen molar-refractivity contribution in [3.05, 3.63) is 24.8 Å². The third-order valence-electron chi connectivity index (χ3n) is 1.45. The highest BCUT2D eigenvalue weighted by Gasteiger charge is 2.13. The molecule has 0 aromatic carbocycles. The fraction of sp³-hybridized carbons (Fsp3) is 0.444. The van der Waals surface area contributed by atoms with E-state index in [1.165, 1.54) is 7.11 Å². The Balaban J connectivity index is 3.83. The van der Waals surface area contributed by atoms with Gasteiger partial charge in [0.05, 0.1) is 7.11 Å². The van der Waals surface area contributed by atoms with E-state index in [1.807, 2.05) is 0 Å². The molecule has 2 N–H and O–H groups in total. The van der Waals surface area contributed by atoms with Gasteiger partial charge >= 0.3 is 5.97 Å². The van der Waals surface area contributed by atoms with E-state index >= 15 is 0 Å². The van der Waals surface area contributed by atoms with E-state index in [9.17, 15) is 4.79 Å². The van der Waals surface area contributed by atoms with Gasteiger partial charge < -0.3 is 10.5 Å². The summed E-state index contributed by atoms with van der Waals surface area (Å²) in [5.41, 5.74) is 6.38. The molecule has 68 valence electrons. The van der Waals surface area contributed by atoms with Crippen molar-refractivity contribution >= 4 is 5.97 Å². The molecular weight excluding hydrogens is 154 g/mol. The van der Waals surface area contributed by atoms with Gasteiger partial charge in [0.15, 0.2) is 0 Å². The van der Waals surface area contributed by atoms with Crippen molar-refractivity contribution in [2.75, 3.05) is 7.11 Å². The Labute approximate surface area is 72.9 Å². The predicted molar refractivity (Wildman–Crippen MR) is 48.6 cm³/mol. The van der Waals surface area contributed by atoms with Crippen LogP contribution in [0.5, 0.6) is 0 Å². The van der Waals surface area contributed by atoms with Crippen molar-refractivity contribution in [2.24, 2.45) is 5.73 Å². The van der Waals surface area contributed by atoms with Crippen LogP contribution in [0.25, 0.3) is 0 Å². The first-order valence-corrected chi connectivity index (χ1v) is 3.72. The Morgan fingerprint density at radius 2 is 2.33 bits per heavy atom. The number of nitrogens with two attached hydrogens (primary N) is 1. The first kappa shape index (κ1) is 10.9. The molecule has 1 atom stereocenters. The normalized spacial score (nSPS) is 11.8. The Hall–Kier alpha value is -1.09. The Morgan fingerprint density at radius 1 is 1.75 bits per heavy atom. The molecule has 0 saturated heterocycles. The maximum Gasteiger partial charge on any atom is 0.322 e. The van der Waals surface area contributed by atoms with Crippen LogP contribution in [0, 0.1) is 0 Å². The molecule has 0 aromatic heterocycles. The van der Waals surface area contributed by atoms with Gasteiger partial charge in [-0.15, -0.1) is 6.58 Å². The number of esters is 1. The minimum absolute atomic E-state index is 0.403. The standard InChI is InChI=1S/C9H15NO2/c1-4-5-7(2)6-8(10)9(11)12-3/h4,8H,1-2,5-6,10H2,3H3. The lowest BCUT2D eigenvalue weighted by atomic mass is 10.1. The van der Waals surface area contributed by atoms with Gasteiger partial charge in [-0.2, -0.15) is 0 Å². The molecule has 0 aromatic rings. The minimum Gasteiger partial charge on any atom is -0.468 e. The molecule has 1 unspecified atom stereocenters. The average Bonchev–Trinajstić information content (AvgIpc) is 2.03. The summed E-state index contributed by atoms with van der Waals surface area (Å²) in [5.74, 6) is -0.403. The Morgan fingerprint density at radius 3 is 2.75 bits per heavy atom. The van der Waals surface area contributed by atoms with Gasteiger partial charge in [-0.1, -0.05) is 18.2 Å². The zero-order valence-electron chi connectivity index (χ0n) is 7.38. The van der Waals surface area contributed by atoms with Crippen LogP contribution in [0.4, 0.5) is 0 Å². The number of rotatable bonds is 5. The molecule has 0 radical (unpaired) electrons. The van der Waals surface area contributed by atoms with Crippen LogP contribution < -0.4 is 5.73 Å². The number of hydrogen-bond donors (Lipinski definition) is 1. The van der Waals surface area contributed by atoms with Crippen LogP contribution in [-0.4, -0.2) is 19.1 Å². The summed E-state index contributed by atoms with van der Waals surface area (Å²) in [6.45, 7) is 7.30. The molecule has 0 fully saturated rings. The minimum atomic E-state index is -0.595. The molecule has 0 bridgehead atoms. The summed E-state index contributed by atoms with van der Waals surface area (Å²) in [7, 11) is 1.32. The lowest BCUT2D eigenvalue weighted by Gasteiger charge is -2.09. The number of carbonyl (C=O) groups excluding carboxylic acids is 1. The fourth-order valence-corrected chi connectivity index (χ4v) is 0.833. The molecule has 0 aliphatic rings. The summed E-state index contributed by atoms with van der Waals surface area (Å²) in [5, 5.41) is 0. The van der Waals surface area contributed by atoms with Crippen LogP contribution in [0.2, 0.25) is 0 Å². The third-order valence-corrected chi connectivity index (χ3v) is 1.45. The van der Waals surface area contributed by atoms with Gasteiger partial charge in [-0.3, -0.25) is 4.79 Å². The van der Waals surface area contributed by atoms with Gasteiger partial charge in [0, 0.05) is 0 Å². The molecular formula is C9H15NO2. The zero-order chi connectivity index (χ0) is 9.56. The summed E-state index contributed by atoms with van der Waals surface area (Å²) >= 11 is 0. The van der Waals surface area contributed by atoms with E-state index in [0.717, 1.165) is 5.57 Å². The van der Waals surface area contributed by atoms with Crippen molar-refractivity contribution in [2.45, 2.75) is 18.9 Å². The van der Waals surface area contributed by atoms with Crippen LogP contribution in [0.15, 0.2) is 24.8 Å². The number of hydrogen-bond acceptors (Lipinski definition) is 3. The van der Waals surface area contributed by atoms with Crippen LogP contribution in [0.1, 0.15) is 12.8 Å². The topological polar surface area (TPSA) is 52.3 Å². The van der Waals surface area contributed by atoms with Gasteiger partial charge in [-0.25, -0.2) is 0 Å². The largest absolute Gasteiger partial charge is 0.468 e. The highest BCUT2D eigenvalue weighted by atomic mass is 16.5. The van der Waals surface area contributed by atoms with E-state index in [2.05, 4.69) is 17.9 Å². The molecule has 0 aliphatic carbocycles. The van der Waals surface area contributed by atoms with Crippen LogP contribution in [0.3, 0.4) is 0 Å². The van der Waals surface area contributed by atoms with Crippen LogP contribution >= 0.6 is 0 Å². The molecule has 0 heterocycles. The summed E-state index contributed by atoms with van der Waals surface area (Å²) < 4.78 is 4.46. The second-order valence-corrected chi connectivity index (χ2v) is 2.58. The lowest BCUT2D eigenvalue weighted by Crippen LogP contribution is -2.31. The monoisotopic (exact) mass is 169 g/mol. The van der Waals surface area contributed by atoms with Gasteiger partial charge in [0.1, 0.15) is 6.04 Å². The van der Waals surface area contributed by atoms with E-state index in [4.69, 9.17) is 5.73 Å². The van der Waals surface area contributed by atoms with Crippen molar-refractivity contribution in [1.82, 2.24) is 0 Å². The van der Waals surface area contributed by atoms with Gasteiger partial charge in [0.2, 0.25) is 0 Å². The molecule has 0 aliphatic heterocycles. The second-order valence-electron chi connectivity index (χ2n) is 2.58. The molecule has 3 heteroatoms. The molecule has 12 heavy (non-hydrogen) atoms. The molecule has 0 amide bonds. The molecule has 0 rings (SSSR count). The fourth-order valence-electron chi connectivity index (χ4n) is 0.833. The highest BCUT2D eigenvalue weighted by molar-refractivity contribution is 5.75. The van der Waals surface area contributed by atoms with Crippen molar-refractivity contribution < 1.29 is 9.53 Å². The first-order chi connectivity index (χ1) is 5.61. The van der Waals surface area contributed by atoms with Gasteiger partial charge in [0.25, 0.3) is 0 Å². The summed E-state index contributed by atoms with van der Waals surface area (Å²) in [6.07, 6.45) is 2.87. The second kappa shape index (κ2) is 5.55. The number of methoxy groups -OCH3 is 1. The van der Waals surface area contributed by atoms with E-state index in [0.29, 0.717) is 12.8 Å². The Kier molecular flexibility index (Phi) is 5.04. The molecule has 3 nitrogen and oxygen atoms in total. The summed E-state index contributed by atoms with van der Waals surface area (Å²) in [4.78, 5) is 10.8. The Bertz CT molecular complexity index is 187. The van der Waals surface area contributed by atoms with Crippen molar-refractivity contribution in [3.63, 3.8) is 0 Å². The van der Waals surface area contributed by atoms with Crippen LogP contribution in [-0.2, 0) is 9.53 Å². The number of allylic oxidation sites excluding steroid dienone is 1. The first-order valence-electron chi connectivity index (χ1n) is 3.72. The summed E-state index contributed by atoms with van der Waals surface area (Å²) in [6, 6.07) is -0.595. The van der Waals surface area contributed by atoms with E-state index < -0.39 is 12.0 Å². The third kappa shape index (κ3) is 3.93. The SMILES string of the molecule is C=CCC(=C)CC(N)C(=O)OC. The van der Waals surface area contributed by atoms with E-state index in [-0.39, 0.29) is 0 Å². The quantitative estimate of drug-likeness (QED) is 0.493. The average molecular weight is 169 g/mol. The predicted octanol–water partition coefficient (Wildman–Crippen LogP) is 1.01. The zero-order valence-corrected chi connectivity index (χ0v) is 7.38. The van der Waals surface area contributed by atoms with Crippen molar-refractivity contribution in [1.29, 1.82) is 0 Å². The lowest BCUT2D eigenvalue weighted by molar-refractivity contribution is -0.142. The maximum atomic E-state index is 10.8. The van der Waals surface area contributed by atoms with E-state index in [1.54, 1.807) is 6.08 Å². The van der Waals surface area contributed by atoms with Gasteiger partial charge in [-0.05, 0) is 12.8 Å². The number of ether oxygens (including phenoxy) is 1. The molecule has 0 spiro atoms. The molecule has 0 saturated carbocycles. The highest BCUT2D eigenvalue weighted by Crippen LogP contribution is 2.07.